The summed E-state index contributed by atoms with van der Waals surface area (Å²) in [6.07, 6.45) is 0.445. The Labute approximate surface area is 127 Å². The SMILES string of the molecule is CC1(C)CC(=O)C(C(=O)c2ccc(Cl)cc2Cl)C(=O)C1. The molecule has 1 aromatic rings. The maximum atomic E-state index is 12.4. The summed E-state index contributed by atoms with van der Waals surface area (Å²) in [4.78, 5) is 36.6. The van der Waals surface area contributed by atoms with E-state index in [4.69, 9.17) is 23.2 Å². The molecule has 1 aliphatic carbocycles. The van der Waals surface area contributed by atoms with Crippen molar-refractivity contribution in [2.24, 2.45) is 11.3 Å². The summed E-state index contributed by atoms with van der Waals surface area (Å²) in [6, 6.07) is 4.40. The van der Waals surface area contributed by atoms with E-state index in [1.807, 2.05) is 13.8 Å². The largest absolute Gasteiger partial charge is 0.298 e. The van der Waals surface area contributed by atoms with Crippen LogP contribution in [0.4, 0.5) is 0 Å². The first-order valence-electron chi connectivity index (χ1n) is 6.26. The highest BCUT2D eigenvalue weighted by molar-refractivity contribution is 6.38. The van der Waals surface area contributed by atoms with Crippen molar-refractivity contribution >= 4 is 40.6 Å². The van der Waals surface area contributed by atoms with Crippen LogP contribution in [0.3, 0.4) is 0 Å². The van der Waals surface area contributed by atoms with E-state index in [-0.39, 0.29) is 40.4 Å². The fourth-order valence-corrected chi connectivity index (χ4v) is 3.03. The molecule has 0 unspecified atom stereocenters. The van der Waals surface area contributed by atoms with Gasteiger partial charge in [-0.2, -0.15) is 0 Å². The number of Topliss-reactive ketones (excluding diaryl/α,β-unsaturated/α-hetero) is 3. The highest BCUT2D eigenvalue weighted by atomic mass is 35.5. The molecule has 3 nitrogen and oxygen atoms in total. The second kappa shape index (κ2) is 5.30. The lowest BCUT2D eigenvalue weighted by atomic mass is 9.70. The molecule has 0 N–H and O–H groups in total. The molecule has 1 aromatic carbocycles. The number of halogens is 2. The molecule has 2 rings (SSSR count). The lowest BCUT2D eigenvalue weighted by Gasteiger charge is -2.31. The summed E-state index contributed by atoms with van der Waals surface area (Å²) in [6.45, 7) is 3.69. The van der Waals surface area contributed by atoms with Gasteiger partial charge in [0.15, 0.2) is 17.3 Å². The predicted molar refractivity (Wildman–Crippen MR) is 77.3 cm³/mol. The Balaban J connectivity index is 2.34. The van der Waals surface area contributed by atoms with E-state index < -0.39 is 11.7 Å². The van der Waals surface area contributed by atoms with Crippen molar-refractivity contribution in [3.05, 3.63) is 33.8 Å². The van der Waals surface area contributed by atoms with Crippen LogP contribution in [0, 0.1) is 11.3 Å². The maximum Gasteiger partial charge on any atom is 0.182 e. The van der Waals surface area contributed by atoms with Crippen LogP contribution in [-0.4, -0.2) is 17.3 Å². The van der Waals surface area contributed by atoms with Crippen molar-refractivity contribution in [1.29, 1.82) is 0 Å². The second-order valence-electron chi connectivity index (χ2n) is 5.87. The molecular weight excluding hydrogens is 299 g/mol. The molecule has 0 heterocycles. The number of rotatable bonds is 2. The minimum Gasteiger partial charge on any atom is -0.298 e. The monoisotopic (exact) mass is 312 g/mol. The van der Waals surface area contributed by atoms with Gasteiger partial charge < -0.3 is 0 Å². The Morgan fingerprint density at radius 1 is 1.15 bits per heavy atom. The van der Waals surface area contributed by atoms with Gasteiger partial charge in [0.05, 0.1) is 5.02 Å². The zero-order chi connectivity index (χ0) is 15.1. The molecule has 0 aromatic heterocycles. The van der Waals surface area contributed by atoms with Crippen LogP contribution in [0.1, 0.15) is 37.0 Å². The van der Waals surface area contributed by atoms with Gasteiger partial charge in [0.25, 0.3) is 0 Å². The van der Waals surface area contributed by atoms with E-state index in [1.165, 1.54) is 18.2 Å². The van der Waals surface area contributed by atoms with Crippen molar-refractivity contribution in [3.63, 3.8) is 0 Å². The van der Waals surface area contributed by atoms with E-state index in [1.54, 1.807) is 0 Å². The van der Waals surface area contributed by atoms with Crippen LogP contribution >= 0.6 is 23.2 Å². The van der Waals surface area contributed by atoms with Gasteiger partial charge in [0.2, 0.25) is 0 Å². The minimum atomic E-state index is -1.22. The molecule has 0 spiro atoms. The van der Waals surface area contributed by atoms with E-state index in [2.05, 4.69) is 0 Å². The molecule has 1 aliphatic rings. The quantitative estimate of drug-likeness (QED) is 0.617. The Hall–Kier alpha value is -1.19. The first-order chi connectivity index (χ1) is 9.21. The van der Waals surface area contributed by atoms with Crippen molar-refractivity contribution in [2.75, 3.05) is 0 Å². The molecule has 0 saturated heterocycles. The molecule has 0 radical (unpaired) electrons. The van der Waals surface area contributed by atoms with Crippen molar-refractivity contribution in [1.82, 2.24) is 0 Å². The first kappa shape index (κ1) is 15.2. The number of carbonyl (C=O) groups is 3. The summed E-state index contributed by atoms with van der Waals surface area (Å²) >= 11 is 11.7. The first-order valence-corrected chi connectivity index (χ1v) is 7.01. The fraction of sp³-hybridized carbons (Fsp3) is 0.400. The van der Waals surface area contributed by atoms with Gasteiger partial charge in [-0.15, -0.1) is 0 Å². The van der Waals surface area contributed by atoms with Crippen LogP contribution in [0.2, 0.25) is 10.0 Å². The molecule has 1 fully saturated rings. The molecular formula is C15H14Cl2O3. The molecule has 0 bridgehead atoms. The Morgan fingerprint density at radius 2 is 1.70 bits per heavy atom. The number of ketones is 3. The van der Waals surface area contributed by atoms with Crippen LogP contribution in [0.25, 0.3) is 0 Å². The van der Waals surface area contributed by atoms with Gasteiger partial charge >= 0.3 is 0 Å². The standard InChI is InChI=1S/C15H14Cl2O3/c1-15(2)6-11(18)13(12(19)7-15)14(20)9-4-3-8(16)5-10(9)17/h3-5,13H,6-7H2,1-2H3. The zero-order valence-corrected chi connectivity index (χ0v) is 12.7. The lowest BCUT2D eigenvalue weighted by molar-refractivity contribution is -0.137. The molecule has 5 heteroatoms. The van der Waals surface area contributed by atoms with Gasteiger partial charge in [-0.1, -0.05) is 37.0 Å². The molecule has 0 aliphatic heterocycles. The third kappa shape index (κ3) is 2.94. The molecule has 106 valence electrons. The number of carbonyl (C=O) groups excluding carboxylic acids is 3. The normalized spacial score (nSPS) is 19.2. The Kier molecular flexibility index (Phi) is 4.03. The highest BCUT2D eigenvalue weighted by Crippen LogP contribution is 2.36. The molecule has 0 atom stereocenters. The smallest absolute Gasteiger partial charge is 0.182 e. The van der Waals surface area contributed by atoms with E-state index in [0.717, 1.165) is 0 Å². The molecule has 0 amide bonds. The van der Waals surface area contributed by atoms with Crippen LogP contribution < -0.4 is 0 Å². The number of hydrogen-bond donors (Lipinski definition) is 0. The topological polar surface area (TPSA) is 51.2 Å². The minimum absolute atomic E-state index is 0.160. The predicted octanol–water partition coefficient (Wildman–Crippen LogP) is 3.75. The number of hydrogen-bond acceptors (Lipinski definition) is 3. The van der Waals surface area contributed by atoms with Gasteiger partial charge in [-0.05, 0) is 23.6 Å². The molecule has 20 heavy (non-hydrogen) atoms. The zero-order valence-electron chi connectivity index (χ0n) is 11.2. The third-order valence-electron chi connectivity index (χ3n) is 3.41. The molecule has 1 saturated carbocycles. The van der Waals surface area contributed by atoms with Gasteiger partial charge in [-0.25, -0.2) is 0 Å². The van der Waals surface area contributed by atoms with E-state index in [0.29, 0.717) is 5.02 Å². The van der Waals surface area contributed by atoms with Gasteiger partial charge in [-0.3, -0.25) is 14.4 Å². The Bertz CT molecular complexity index is 585. The van der Waals surface area contributed by atoms with E-state index >= 15 is 0 Å². The lowest BCUT2D eigenvalue weighted by Crippen LogP contribution is -2.41. The summed E-state index contributed by atoms with van der Waals surface area (Å²) in [7, 11) is 0. The van der Waals surface area contributed by atoms with Crippen molar-refractivity contribution in [2.45, 2.75) is 26.7 Å². The van der Waals surface area contributed by atoms with Crippen LogP contribution in [0.5, 0.6) is 0 Å². The maximum absolute atomic E-state index is 12.4. The third-order valence-corrected chi connectivity index (χ3v) is 3.96. The summed E-state index contributed by atoms with van der Waals surface area (Å²) in [5.41, 5.74) is -0.211. The van der Waals surface area contributed by atoms with Crippen LogP contribution in [-0.2, 0) is 9.59 Å². The van der Waals surface area contributed by atoms with E-state index in [9.17, 15) is 14.4 Å². The van der Waals surface area contributed by atoms with Crippen molar-refractivity contribution in [3.8, 4) is 0 Å². The Morgan fingerprint density at radius 3 is 2.20 bits per heavy atom. The second-order valence-corrected chi connectivity index (χ2v) is 6.72. The average Bonchev–Trinajstić information content (AvgIpc) is 2.25. The van der Waals surface area contributed by atoms with Crippen LogP contribution in [0.15, 0.2) is 18.2 Å². The summed E-state index contributed by atoms with van der Waals surface area (Å²) in [5.74, 6) is -2.41. The summed E-state index contributed by atoms with van der Waals surface area (Å²) in [5, 5.41) is 0.557. The fourth-order valence-electron chi connectivity index (χ4n) is 2.53. The van der Waals surface area contributed by atoms with Gasteiger partial charge in [0, 0.05) is 23.4 Å². The highest BCUT2D eigenvalue weighted by Gasteiger charge is 2.43. The summed E-state index contributed by atoms with van der Waals surface area (Å²) < 4.78 is 0. The number of benzene rings is 1. The average molecular weight is 313 g/mol. The van der Waals surface area contributed by atoms with Gasteiger partial charge in [0.1, 0.15) is 5.92 Å². The van der Waals surface area contributed by atoms with Crippen molar-refractivity contribution < 1.29 is 14.4 Å².